The number of aromatic amines is 1. The second-order valence-electron chi connectivity index (χ2n) is 1.74. The summed E-state index contributed by atoms with van der Waals surface area (Å²) in [5.74, 6) is 0. The van der Waals surface area contributed by atoms with Crippen molar-refractivity contribution >= 4 is 18.9 Å². The van der Waals surface area contributed by atoms with Crippen molar-refractivity contribution in [2.75, 3.05) is 0 Å². The van der Waals surface area contributed by atoms with E-state index < -0.39 is 0 Å². The molecular formula is C9H14N2. The zero-order chi connectivity index (χ0) is 8.69. The molecule has 0 saturated heterocycles. The van der Waals surface area contributed by atoms with Crippen molar-refractivity contribution in [1.82, 2.24) is 4.98 Å². The maximum atomic E-state index is 6.75. The minimum Gasteiger partial charge on any atom is -0.362 e. The van der Waals surface area contributed by atoms with Gasteiger partial charge in [0.05, 0.1) is 0 Å². The first-order valence-corrected chi connectivity index (χ1v) is 3.67. The van der Waals surface area contributed by atoms with Gasteiger partial charge in [-0.25, -0.2) is 0 Å². The summed E-state index contributed by atoms with van der Waals surface area (Å²) < 4.78 is 0. The topological polar surface area (TPSA) is 39.6 Å². The van der Waals surface area contributed by atoms with Gasteiger partial charge < -0.3 is 10.4 Å². The number of hydrogen-bond acceptors (Lipinski definition) is 1. The summed E-state index contributed by atoms with van der Waals surface area (Å²) in [6.45, 7) is 7.71. The first kappa shape index (κ1) is 9.69. The van der Waals surface area contributed by atoms with E-state index >= 15 is 0 Å². The highest BCUT2D eigenvalue weighted by Crippen LogP contribution is 1.59. The molecular weight excluding hydrogens is 136 g/mol. The second-order valence-corrected chi connectivity index (χ2v) is 1.74. The minimum atomic E-state index is 0.860. The lowest BCUT2D eigenvalue weighted by Gasteiger charge is -1.69. The lowest BCUT2D eigenvalue weighted by Crippen LogP contribution is -2.19. The Morgan fingerprint density at radius 2 is 2.18 bits per heavy atom. The van der Waals surface area contributed by atoms with Crippen molar-refractivity contribution in [2.24, 2.45) is 0 Å². The average molecular weight is 150 g/mol. The number of H-pyrrole nitrogens is 1. The number of rotatable bonds is 1. The molecule has 1 heterocycles. The fourth-order valence-electron chi connectivity index (χ4n) is 0.662. The molecule has 0 aliphatic heterocycles. The largest absolute Gasteiger partial charge is 0.362 e. The monoisotopic (exact) mass is 150 g/mol. The first-order valence-electron chi connectivity index (χ1n) is 3.67. The average Bonchev–Trinajstić information content (AvgIpc) is 2.42. The van der Waals surface area contributed by atoms with Gasteiger partial charge >= 0.3 is 0 Å². The first-order chi connectivity index (χ1) is 5.34. The molecule has 0 bridgehead atoms. The molecule has 1 aromatic rings. The molecule has 0 radical (unpaired) electrons. The van der Waals surface area contributed by atoms with E-state index in [1.165, 1.54) is 6.21 Å². The summed E-state index contributed by atoms with van der Waals surface area (Å²) in [6.07, 6.45) is 4.74. The Balaban J connectivity index is 0.000000461. The Labute approximate surface area is 66.8 Å². The Hall–Kier alpha value is -1.31. The maximum absolute atomic E-state index is 6.75. The summed E-state index contributed by atoms with van der Waals surface area (Å²) in [7, 11) is 0. The molecule has 0 atom stereocenters. The van der Waals surface area contributed by atoms with Crippen LogP contribution in [0.25, 0.3) is 12.7 Å². The second kappa shape index (κ2) is 5.47. The van der Waals surface area contributed by atoms with Gasteiger partial charge in [-0.15, -0.1) is 0 Å². The summed E-state index contributed by atoms with van der Waals surface area (Å²) >= 11 is 0. The molecule has 0 fully saturated rings. The number of nitrogens with one attached hydrogen (secondary N) is 2. The SMILES string of the molecule is C=c1[nH]cc/c1=C/C=N.CC. The predicted molar refractivity (Wildman–Crippen MR) is 50.2 cm³/mol. The van der Waals surface area contributed by atoms with E-state index in [-0.39, 0.29) is 0 Å². The van der Waals surface area contributed by atoms with E-state index in [2.05, 4.69) is 11.6 Å². The minimum absolute atomic E-state index is 0.860. The van der Waals surface area contributed by atoms with Gasteiger partial charge in [-0.1, -0.05) is 20.4 Å². The third-order valence-corrected chi connectivity index (χ3v) is 1.13. The van der Waals surface area contributed by atoms with Crippen LogP contribution < -0.4 is 10.6 Å². The van der Waals surface area contributed by atoms with E-state index in [0.717, 1.165) is 10.6 Å². The third kappa shape index (κ3) is 2.85. The predicted octanol–water partition coefficient (Wildman–Crippen LogP) is 0.881. The number of aromatic nitrogens is 1. The fraction of sp³-hybridized carbons (Fsp3) is 0.222. The van der Waals surface area contributed by atoms with E-state index in [4.69, 9.17) is 5.41 Å². The summed E-state index contributed by atoms with van der Waals surface area (Å²) in [4.78, 5) is 2.91. The van der Waals surface area contributed by atoms with Crippen LogP contribution >= 0.6 is 0 Å². The van der Waals surface area contributed by atoms with Crippen LogP contribution in [0.1, 0.15) is 13.8 Å². The quantitative estimate of drug-likeness (QED) is 0.558. The van der Waals surface area contributed by atoms with Gasteiger partial charge in [-0.3, -0.25) is 0 Å². The lowest BCUT2D eigenvalue weighted by molar-refractivity contribution is 1.33. The van der Waals surface area contributed by atoms with Crippen molar-refractivity contribution in [3.8, 4) is 0 Å². The zero-order valence-corrected chi connectivity index (χ0v) is 7.02. The van der Waals surface area contributed by atoms with Gasteiger partial charge in [-0.2, -0.15) is 0 Å². The van der Waals surface area contributed by atoms with Gasteiger partial charge in [0.25, 0.3) is 0 Å². The summed E-state index contributed by atoms with van der Waals surface area (Å²) in [6, 6.07) is 1.88. The van der Waals surface area contributed by atoms with E-state index in [0.29, 0.717) is 0 Å². The Bertz CT molecular complexity index is 296. The summed E-state index contributed by atoms with van der Waals surface area (Å²) in [5.41, 5.74) is 0. The Kier molecular flexibility index (Phi) is 4.82. The lowest BCUT2D eigenvalue weighted by atomic mass is 10.4. The van der Waals surface area contributed by atoms with Crippen molar-refractivity contribution in [3.63, 3.8) is 0 Å². The molecule has 1 aromatic heterocycles. The molecule has 2 N–H and O–H groups in total. The van der Waals surface area contributed by atoms with Crippen molar-refractivity contribution in [3.05, 3.63) is 22.8 Å². The molecule has 0 amide bonds. The van der Waals surface area contributed by atoms with Crippen LogP contribution in [0.5, 0.6) is 0 Å². The molecule has 0 aliphatic carbocycles. The summed E-state index contributed by atoms with van der Waals surface area (Å²) in [5, 5.41) is 8.59. The normalized spacial score (nSPS) is 10.2. The van der Waals surface area contributed by atoms with Gasteiger partial charge in [0.1, 0.15) is 0 Å². The van der Waals surface area contributed by atoms with Crippen LogP contribution in [-0.2, 0) is 0 Å². The molecule has 0 saturated carbocycles. The van der Waals surface area contributed by atoms with Gasteiger partial charge in [0.15, 0.2) is 0 Å². The molecule has 0 unspecified atom stereocenters. The van der Waals surface area contributed by atoms with Crippen molar-refractivity contribution in [1.29, 1.82) is 5.41 Å². The molecule has 60 valence electrons. The third-order valence-electron chi connectivity index (χ3n) is 1.13. The van der Waals surface area contributed by atoms with Crippen LogP contribution in [-0.4, -0.2) is 11.2 Å². The van der Waals surface area contributed by atoms with E-state index in [1.54, 1.807) is 12.3 Å². The molecule has 0 aliphatic rings. The molecule has 0 spiro atoms. The molecule has 2 nitrogen and oxygen atoms in total. The maximum Gasteiger partial charge on any atom is 0.0381 e. The molecule has 1 rings (SSSR count). The van der Waals surface area contributed by atoms with Crippen molar-refractivity contribution in [2.45, 2.75) is 13.8 Å². The molecule has 0 aromatic carbocycles. The Morgan fingerprint density at radius 1 is 1.55 bits per heavy atom. The fourth-order valence-corrected chi connectivity index (χ4v) is 0.662. The van der Waals surface area contributed by atoms with Crippen LogP contribution in [0.15, 0.2) is 12.3 Å². The van der Waals surface area contributed by atoms with Crippen molar-refractivity contribution < 1.29 is 0 Å². The van der Waals surface area contributed by atoms with Crippen LogP contribution in [0.3, 0.4) is 0 Å². The highest BCUT2D eigenvalue weighted by atomic mass is 14.6. The smallest absolute Gasteiger partial charge is 0.0381 e. The van der Waals surface area contributed by atoms with Crippen LogP contribution in [0.4, 0.5) is 0 Å². The van der Waals surface area contributed by atoms with E-state index in [1.807, 2.05) is 19.9 Å². The molecule has 2 heteroatoms. The van der Waals surface area contributed by atoms with E-state index in [9.17, 15) is 0 Å². The van der Waals surface area contributed by atoms with Gasteiger partial charge in [0, 0.05) is 23.0 Å². The standard InChI is InChI=1S/C7H8N2.C2H6/c1-6-7(2-4-8)3-5-9-6;1-2/h2-5,8-9H,1H2;1-2H3/b7-2-,8-4?;. The zero-order valence-electron chi connectivity index (χ0n) is 7.02. The van der Waals surface area contributed by atoms with Gasteiger partial charge in [-0.05, 0) is 12.1 Å². The Morgan fingerprint density at radius 3 is 2.55 bits per heavy atom. The highest BCUT2D eigenvalue weighted by molar-refractivity contribution is 5.88. The highest BCUT2D eigenvalue weighted by Gasteiger charge is 1.77. The van der Waals surface area contributed by atoms with Gasteiger partial charge in [0.2, 0.25) is 0 Å². The molecule has 11 heavy (non-hydrogen) atoms. The van der Waals surface area contributed by atoms with Crippen LogP contribution in [0.2, 0.25) is 0 Å². The van der Waals surface area contributed by atoms with Crippen LogP contribution in [0, 0.1) is 5.41 Å². The number of hydrogen-bond donors (Lipinski definition) is 2.